The number of halogens is 3. The maximum atomic E-state index is 15.0. The van der Waals surface area contributed by atoms with Gasteiger partial charge in [0.25, 0.3) is 0 Å². The van der Waals surface area contributed by atoms with Gasteiger partial charge in [0, 0.05) is 42.4 Å². The summed E-state index contributed by atoms with van der Waals surface area (Å²) in [7, 11) is 1.35. The normalized spacial score (nSPS) is 12.2. The van der Waals surface area contributed by atoms with E-state index in [9.17, 15) is 18.3 Å². The van der Waals surface area contributed by atoms with Crippen molar-refractivity contribution in [2.24, 2.45) is 0 Å². The second-order valence-corrected chi connectivity index (χ2v) is 8.00. The molecule has 0 amide bonds. The van der Waals surface area contributed by atoms with Crippen molar-refractivity contribution in [3.8, 4) is 16.8 Å². The van der Waals surface area contributed by atoms with Crippen molar-refractivity contribution in [2.45, 2.75) is 13.2 Å². The zero-order valence-corrected chi connectivity index (χ0v) is 19.2. The van der Waals surface area contributed by atoms with Crippen LogP contribution in [-0.2, 0) is 4.74 Å². The Morgan fingerprint density at radius 1 is 0.972 bits per heavy atom. The van der Waals surface area contributed by atoms with Crippen LogP contribution < -0.4 is 5.32 Å². The maximum absolute atomic E-state index is 15.0. The molecule has 1 atom stereocenters. The number of ether oxygens (including phenoxy) is 1. The van der Waals surface area contributed by atoms with Crippen LogP contribution in [0, 0.1) is 24.4 Å². The molecule has 10 heteroatoms. The van der Waals surface area contributed by atoms with E-state index in [1.807, 2.05) is 0 Å². The number of nitrogens with one attached hydrogen (secondary N) is 1. The molecule has 0 spiro atoms. The number of para-hydroxylation sites is 1. The van der Waals surface area contributed by atoms with Crippen LogP contribution in [0.15, 0.2) is 67.0 Å². The third-order valence-corrected chi connectivity index (χ3v) is 5.72. The molecule has 36 heavy (non-hydrogen) atoms. The van der Waals surface area contributed by atoms with Gasteiger partial charge in [0.1, 0.15) is 28.7 Å². The lowest BCUT2D eigenvalue weighted by molar-refractivity contribution is -0.0764. The van der Waals surface area contributed by atoms with Crippen LogP contribution in [0.5, 0.6) is 0 Å². The van der Waals surface area contributed by atoms with Crippen molar-refractivity contribution < 1.29 is 23.0 Å². The monoisotopic (exact) mass is 491 g/mol. The first-order valence-corrected chi connectivity index (χ1v) is 10.9. The van der Waals surface area contributed by atoms with Gasteiger partial charge in [-0.3, -0.25) is 4.98 Å². The topological polar surface area (TPSA) is 85.1 Å². The van der Waals surface area contributed by atoms with Gasteiger partial charge in [-0.1, -0.05) is 18.2 Å². The first-order valence-electron chi connectivity index (χ1n) is 10.9. The van der Waals surface area contributed by atoms with Gasteiger partial charge in [-0.15, -0.1) is 0 Å². The fourth-order valence-electron chi connectivity index (χ4n) is 4.07. The number of hydrogen-bond donors (Lipinski definition) is 2. The Morgan fingerprint density at radius 3 is 2.56 bits per heavy atom. The number of nitrogens with zero attached hydrogens (tertiary/aromatic N) is 4. The van der Waals surface area contributed by atoms with E-state index in [0.717, 1.165) is 18.2 Å². The van der Waals surface area contributed by atoms with E-state index in [4.69, 9.17) is 4.74 Å². The third kappa shape index (κ3) is 4.16. The third-order valence-electron chi connectivity index (χ3n) is 5.72. The fraction of sp³-hybridized carbons (Fsp3) is 0.115. The Hall–Kier alpha value is -4.28. The predicted molar refractivity (Wildman–Crippen MR) is 128 cm³/mol. The lowest BCUT2D eigenvalue weighted by Gasteiger charge is -2.18. The number of anilines is 2. The number of rotatable bonds is 6. The fourth-order valence-corrected chi connectivity index (χ4v) is 4.07. The van der Waals surface area contributed by atoms with E-state index in [1.165, 1.54) is 30.3 Å². The quantitative estimate of drug-likeness (QED) is 0.301. The summed E-state index contributed by atoms with van der Waals surface area (Å²) in [6.45, 7) is 1.67. The van der Waals surface area contributed by atoms with Gasteiger partial charge >= 0.3 is 0 Å². The summed E-state index contributed by atoms with van der Waals surface area (Å²) < 4.78 is 50.2. The summed E-state index contributed by atoms with van der Waals surface area (Å²) in [5, 5.41) is 18.0. The Morgan fingerprint density at radius 2 is 1.75 bits per heavy atom. The molecule has 7 nitrogen and oxygen atoms in total. The minimum absolute atomic E-state index is 0.102. The van der Waals surface area contributed by atoms with Gasteiger partial charge < -0.3 is 15.2 Å². The van der Waals surface area contributed by atoms with E-state index < -0.39 is 23.7 Å². The van der Waals surface area contributed by atoms with Crippen molar-refractivity contribution >= 4 is 22.5 Å². The first kappa shape index (κ1) is 23.5. The van der Waals surface area contributed by atoms with Crippen LogP contribution in [0.2, 0.25) is 0 Å². The van der Waals surface area contributed by atoms with E-state index in [-0.39, 0.29) is 17.0 Å². The molecule has 0 saturated heterocycles. The highest BCUT2D eigenvalue weighted by Gasteiger charge is 2.23. The summed E-state index contributed by atoms with van der Waals surface area (Å²) in [6.07, 6.45) is 1.59. The van der Waals surface area contributed by atoms with Gasteiger partial charge in [0.2, 0.25) is 0 Å². The molecule has 0 fully saturated rings. The molecule has 2 heterocycles. The van der Waals surface area contributed by atoms with Crippen molar-refractivity contribution in [2.75, 3.05) is 12.4 Å². The van der Waals surface area contributed by atoms with Crippen molar-refractivity contribution in [3.63, 3.8) is 0 Å². The van der Waals surface area contributed by atoms with Crippen LogP contribution in [-0.4, -0.2) is 32.0 Å². The second-order valence-electron chi connectivity index (χ2n) is 8.00. The Labute approximate surface area is 203 Å². The molecule has 0 bridgehead atoms. The Kier molecular flexibility index (Phi) is 6.13. The molecule has 0 radical (unpaired) electrons. The summed E-state index contributed by atoms with van der Waals surface area (Å²) in [5.74, 6) is -1.75. The minimum Gasteiger partial charge on any atom is -0.364 e. The highest BCUT2D eigenvalue weighted by atomic mass is 19.1. The molecule has 5 rings (SSSR count). The van der Waals surface area contributed by atoms with E-state index in [1.54, 1.807) is 37.3 Å². The molecular formula is C26H20F3N5O2. The van der Waals surface area contributed by atoms with Crippen LogP contribution in [0.4, 0.5) is 24.7 Å². The van der Waals surface area contributed by atoms with Crippen molar-refractivity contribution in [1.29, 1.82) is 0 Å². The summed E-state index contributed by atoms with van der Waals surface area (Å²) >= 11 is 0. The van der Waals surface area contributed by atoms with Crippen LogP contribution in [0.1, 0.15) is 17.5 Å². The van der Waals surface area contributed by atoms with Crippen molar-refractivity contribution in [3.05, 3.63) is 95.7 Å². The zero-order chi connectivity index (χ0) is 25.4. The number of hydrogen-bond acceptors (Lipinski definition) is 6. The largest absolute Gasteiger partial charge is 0.364 e. The maximum Gasteiger partial charge on any atom is 0.182 e. The van der Waals surface area contributed by atoms with E-state index >= 15 is 0 Å². The number of aliphatic hydroxyl groups is 1. The second kappa shape index (κ2) is 9.40. The van der Waals surface area contributed by atoms with Gasteiger partial charge in [0.05, 0.1) is 11.2 Å². The molecule has 1 unspecified atom stereocenters. The molecule has 2 N–H and O–H groups in total. The van der Waals surface area contributed by atoms with E-state index in [0.29, 0.717) is 33.6 Å². The standard InChI is InChI=1S/C26H20F3N5O2/c1-14-23(15-11-19(29)24-21(12-15)30-9-10-31-24)25(32-20-6-4-3-5-17(20)26(35)36-2)34(33-14)22-13-16(27)7-8-18(22)28/h3-13,26,32,35H,1-2H3. The van der Waals surface area contributed by atoms with Crippen molar-refractivity contribution in [1.82, 2.24) is 19.7 Å². The minimum atomic E-state index is -1.26. The lowest BCUT2D eigenvalue weighted by atomic mass is 10.0. The Bertz CT molecular complexity index is 1590. The SMILES string of the molecule is COC(O)c1ccccc1Nc1c(-c2cc(F)c3nccnc3c2)c(C)nn1-c1cc(F)ccc1F. The summed E-state index contributed by atoms with van der Waals surface area (Å²) in [5.41, 5.74) is 2.31. The number of aromatic nitrogens is 4. The smallest absolute Gasteiger partial charge is 0.182 e. The highest BCUT2D eigenvalue weighted by Crippen LogP contribution is 2.38. The summed E-state index contributed by atoms with van der Waals surface area (Å²) in [6, 6.07) is 12.7. The van der Waals surface area contributed by atoms with Gasteiger partial charge in [-0.25, -0.2) is 22.8 Å². The molecule has 182 valence electrons. The van der Waals surface area contributed by atoms with Crippen LogP contribution >= 0.6 is 0 Å². The number of aryl methyl sites for hydroxylation is 1. The van der Waals surface area contributed by atoms with Gasteiger partial charge in [0.15, 0.2) is 12.1 Å². The molecule has 0 aliphatic carbocycles. The van der Waals surface area contributed by atoms with E-state index in [2.05, 4.69) is 20.4 Å². The molecule has 0 aliphatic rings. The lowest BCUT2D eigenvalue weighted by Crippen LogP contribution is -2.09. The van der Waals surface area contributed by atoms with Crippen LogP contribution in [0.3, 0.4) is 0 Å². The number of aliphatic hydroxyl groups excluding tert-OH is 1. The first-order chi connectivity index (χ1) is 17.4. The average Bonchev–Trinajstić information content (AvgIpc) is 3.20. The molecule has 3 aromatic carbocycles. The number of fused-ring (bicyclic) bond motifs is 1. The zero-order valence-electron chi connectivity index (χ0n) is 19.2. The highest BCUT2D eigenvalue weighted by molar-refractivity contribution is 5.88. The summed E-state index contributed by atoms with van der Waals surface area (Å²) in [4.78, 5) is 8.24. The van der Waals surface area contributed by atoms with Gasteiger partial charge in [-0.05, 0) is 42.8 Å². The number of methoxy groups -OCH3 is 1. The Balaban J connectivity index is 1.78. The number of benzene rings is 3. The molecule has 0 aliphatic heterocycles. The molecule has 5 aromatic rings. The van der Waals surface area contributed by atoms with Crippen LogP contribution in [0.25, 0.3) is 27.8 Å². The average molecular weight is 491 g/mol. The molecular weight excluding hydrogens is 471 g/mol. The predicted octanol–water partition coefficient (Wildman–Crippen LogP) is 5.59. The molecule has 0 saturated carbocycles. The molecule has 2 aromatic heterocycles. The van der Waals surface area contributed by atoms with Gasteiger partial charge in [-0.2, -0.15) is 5.10 Å².